The fraction of sp³-hybridized carbons (Fsp3) is 0.947. The number of fused-ring (bicyclic) bond motifs is 1. The van der Waals surface area contributed by atoms with Gasteiger partial charge in [-0.05, 0) is 25.7 Å². The summed E-state index contributed by atoms with van der Waals surface area (Å²) in [6.45, 7) is 3.28. The van der Waals surface area contributed by atoms with Gasteiger partial charge in [-0.15, -0.1) is 11.6 Å². The highest BCUT2D eigenvalue weighted by molar-refractivity contribution is 6.21. The van der Waals surface area contributed by atoms with Gasteiger partial charge < -0.3 is 10.0 Å². The third kappa shape index (κ3) is 3.78. The van der Waals surface area contributed by atoms with Gasteiger partial charge in [0.2, 0.25) is 6.41 Å². The van der Waals surface area contributed by atoms with Crippen LogP contribution in [0.4, 0.5) is 8.78 Å². The second-order valence-corrected chi connectivity index (χ2v) is 9.32. The average molecular weight is 421 g/mol. The molecular weight excluding hydrogens is 390 g/mol. The van der Waals surface area contributed by atoms with E-state index in [1.165, 1.54) is 0 Å². The molecule has 0 aromatic carbocycles. The molecule has 9 unspecified atom stereocenters. The molecule has 1 amide bonds. The first-order valence-corrected chi connectivity index (χ1v) is 11.0. The summed E-state index contributed by atoms with van der Waals surface area (Å²) in [7, 11) is 0. The van der Waals surface area contributed by atoms with Crippen LogP contribution in [0.5, 0.6) is 0 Å². The van der Waals surface area contributed by atoms with Gasteiger partial charge in [-0.1, -0.05) is 0 Å². The van der Waals surface area contributed by atoms with Crippen molar-refractivity contribution in [3.8, 4) is 0 Å². The SMILES string of the molecule is O=CN1CCN(C2NCNC3C(F)C(C4C(O)CCCC4F)C(Cl)CC32)CC1. The summed E-state index contributed by atoms with van der Waals surface area (Å²) in [4.78, 5) is 15.0. The molecule has 0 spiro atoms. The van der Waals surface area contributed by atoms with Crippen LogP contribution < -0.4 is 10.6 Å². The van der Waals surface area contributed by atoms with Crippen LogP contribution in [0.2, 0.25) is 0 Å². The molecule has 0 bridgehead atoms. The van der Waals surface area contributed by atoms with E-state index >= 15 is 4.39 Å². The van der Waals surface area contributed by atoms with Gasteiger partial charge in [-0.2, -0.15) is 0 Å². The summed E-state index contributed by atoms with van der Waals surface area (Å²) in [5.41, 5.74) is 0. The second-order valence-electron chi connectivity index (χ2n) is 8.76. The Morgan fingerprint density at radius 2 is 1.82 bits per heavy atom. The molecule has 4 rings (SSSR count). The fourth-order valence-electron chi connectivity index (χ4n) is 5.88. The number of rotatable bonds is 3. The molecule has 2 saturated heterocycles. The van der Waals surface area contributed by atoms with E-state index in [1.54, 1.807) is 4.90 Å². The Labute approximate surface area is 169 Å². The number of amides is 1. The Bertz CT molecular complexity index is 544. The molecule has 0 aromatic rings. The molecule has 0 radical (unpaired) electrons. The molecule has 2 saturated carbocycles. The molecule has 2 aliphatic carbocycles. The highest BCUT2D eigenvalue weighted by atomic mass is 35.5. The van der Waals surface area contributed by atoms with Crippen molar-refractivity contribution >= 4 is 18.0 Å². The lowest BCUT2D eigenvalue weighted by molar-refractivity contribution is -0.121. The molecule has 9 heteroatoms. The van der Waals surface area contributed by atoms with Crippen molar-refractivity contribution in [3.05, 3.63) is 0 Å². The lowest BCUT2D eigenvalue weighted by Crippen LogP contribution is -2.71. The van der Waals surface area contributed by atoms with E-state index in [-0.39, 0.29) is 12.1 Å². The van der Waals surface area contributed by atoms with Crippen LogP contribution in [0.1, 0.15) is 25.7 Å². The second kappa shape index (κ2) is 8.68. The van der Waals surface area contributed by atoms with Crippen molar-refractivity contribution in [1.29, 1.82) is 0 Å². The first kappa shape index (κ1) is 20.7. The molecule has 4 aliphatic rings. The Morgan fingerprint density at radius 3 is 2.50 bits per heavy atom. The molecular formula is C19H31ClF2N4O2. The van der Waals surface area contributed by atoms with Crippen LogP contribution in [-0.2, 0) is 4.79 Å². The minimum atomic E-state index is -1.29. The van der Waals surface area contributed by atoms with Gasteiger partial charge in [0.25, 0.3) is 0 Å². The van der Waals surface area contributed by atoms with Crippen molar-refractivity contribution in [2.45, 2.75) is 61.7 Å². The molecule has 2 heterocycles. The summed E-state index contributed by atoms with van der Waals surface area (Å²) in [6.07, 6.45) is -0.347. The van der Waals surface area contributed by atoms with E-state index < -0.39 is 41.7 Å². The van der Waals surface area contributed by atoms with Crippen LogP contribution in [0.15, 0.2) is 0 Å². The highest BCUT2D eigenvalue weighted by Crippen LogP contribution is 2.46. The van der Waals surface area contributed by atoms with Crippen molar-refractivity contribution in [3.63, 3.8) is 0 Å². The van der Waals surface area contributed by atoms with Crippen molar-refractivity contribution in [2.24, 2.45) is 17.8 Å². The number of alkyl halides is 3. The average Bonchev–Trinajstić information content (AvgIpc) is 2.70. The normalized spacial score (nSPS) is 48.1. The standard InChI is InChI=1S/C19H31ClF2N4O2/c20-12-8-11-18(17(22)15(12)16-13(21)2-1-3-14(16)28)23-9-24-19(11)26-6-4-25(10-27)5-7-26/h10-19,23-24,28H,1-9H2. The first-order valence-electron chi connectivity index (χ1n) is 10.5. The number of hydrogen-bond donors (Lipinski definition) is 3. The molecule has 2 aliphatic heterocycles. The molecule has 0 aromatic heterocycles. The third-order valence-corrected chi connectivity index (χ3v) is 7.79. The highest BCUT2D eigenvalue weighted by Gasteiger charge is 2.55. The van der Waals surface area contributed by atoms with Crippen LogP contribution >= 0.6 is 11.6 Å². The maximum atomic E-state index is 15.7. The van der Waals surface area contributed by atoms with Crippen molar-refractivity contribution < 1.29 is 18.7 Å². The quantitative estimate of drug-likeness (QED) is 0.463. The van der Waals surface area contributed by atoms with Gasteiger partial charge in [0.15, 0.2) is 0 Å². The van der Waals surface area contributed by atoms with Crippen LogP contribution in [0.25, 0.3) is 0 Å². The largest absolute Gasteiger partial charge is 0.393 e. The summed E-state index contributed by atoms with van der Waals surface area (Å²) >= 11 is 6.66. The molecule has 28 heavy (non-hydrogen) atoms. The van der Waals surface area contributed by atoms with Gasteiger partial charge in [0, 0.05) is 62.0 Å². The zero-order valence-corrected chi connectivity index (χ0v) is 16.8. The zero-order valence-electron chi connectivity index (χ0n) is 16.0. The summed E-state index contributed by atoms with van der Waals surface area (Å²) < 4.78 is 30.3. The fourth-order valence-corrected chi connectivity index (χ4v) is 6.39. The summed E-state index contributed by atoms with van der Waals surface area (Å²) in [5, 5.41) is 16.6. The van der Waals surface area contributed by atoms with E-state index in [1.807, 2.05) is 0 Å². The topological polar surface area (TPSA) is 67.8 Å². The lowest BCUT2D eigenvalue weighted by atomic mass is 9.65. The monoisotopic (exact) mass is 420 g/mol. The third-order valence-electron chi connectivity index (χ3n) is 7.32. The van der Waals surface area contributed by atoms with E-state index in [0.717, 1.165) is 19.5 Å². The Hall–Kier alpha value is -0.540. The van der Waals surface area contributed by atoms with Gasteiger partial charge >= 0.3 is 0 Å². The minimum absolute atomic E-state index is 0.0158. The summed E-state index contributed by atoms with van der Waals surface area (Å²) in [6, 6.07) is -0.406. The first-order chi connectivity index (χ1) is 13.5. The maximum Gasteiger partial charge on any atom is 0.209 e. The summed E-state index contributed by atoms with van der Waals surface area (Å²) in [5.74, 6) is -1.44. The number of piperazine rings is 1. The van der Waals surface area contributed by atoms with E-state index in [0.29, 0.717) is 45.4 Å². The minimum Gasteiger partial charge on any atom is -0.393 e. The molecule has 3 N–H and O–H groups in total. The van der Waals surface area contributed by atoms with E-state index in [9.17, 15) is 14.3 Å². The number of aliphatic hydroxyl groups is 1. The van der Waals surface area contributed by atoms with E-state index in [2.05, 4.69) is 15.5 Å². The van der Waals surface area contributed by atoms with Gasteiger partial charge in [0.05, 0.1) is 12.3 Å². The number of carbonyl (C=O) groups is 1. The molecule has 4 fully saturated rings. The lowest BCUT2D eigenvalue weighted by Gasteiger charge is -2.54. The van der Waals surface area contributed by atoms with Crippen LogP contribution in [0, 0.1) is 17.8 Å². The van der Waals surface area contributed by atoms with E-state index in [4.69, 9.17) is 11.6 Å². The predicted octanol–water partition coefficient (Wildman–Crippen LogP) is 0.686. The Morgan fingerprint density at radius 1 is 1.07 bits per heavy atom. The number of halogens is 3. The predicted molar refractivity (Wildman–Crippen MR) is 102 cm³/mol. The number of hydrogen-bond acceptors (Lipinski definition) is 5. The molecule has 9 atom stereocenters. The van der Waals surface area contributed by atoms with Crippen molar-refractivity contribution in [2.75, 3.05) is 32.8 Å². The number of nitrogens with zero attached hydrogens (tertiary/aromatic N) is 2. The van der Waals surface area contributed by atoms with Crippen LogP contribution in [-0.4, -0.2) is 90.2 Å². The number of carbonyl (C=O) groups excluding carboxylic acids is 1. The van der Waals surface area contributed by atoms with Gasteiger partial charge in [-0.25, -0.2) is 8.78 Å². The molecule has 6 nitrogen and oxygen atoms in total. The Kier molecular flexibility index (Phi) is 6.42. The maximum absolute atomic E-state index is 15.7. The zero-order chi connectivity index (χ0) is 19.8. The van der Waals surface area contributed by atoms with Crippen LogP contribution in [0.3, 0.4) is 0 Å². The van der Waals surface area contributed by atoms with Gasteiger partial charge in [0.1, 0.15) is 12.3 Å². The number of nitrogens with one attached hydrogen (secondary N) is 2. The van der Waals surface area contributed by atoms with Crippen molar-refractivity contribution in [1.82, 2.24) is 20.4 Å². The smallest absolute Gasteiger partial charge is 0.209 e. The molecule has 160 valence electrons. The number of aliphatic hydroxyl groups excluding tert-OH is 1. The Balaban J connectivity index is 1.49. The van der Waals surface area contributed by atoms with Gasteiger partial charge in [-0.3, -0.25) is 20.3 Å².